The molecular weight excluding hydrogens is 224 g/mol. The summed E-state index contributed by atoms with van der Waals surface area (Å²) >= 11 is 0. The fourth-order valence-corrected chi connectivity index (χ4v) is 1.87. The highest BCUT2D eigenvalue weighted by atomic mass is 16.3. The van der Waals surface area contributed by atoms with Gasteiger partial charge in [-0.15, -0.1) is 0 Å². The number of hydrogen-bond donors (Lipinski definition) is 1. The van der Waals surface area contributed by atoms with Gasteiger partial charge in [0.1, 0.15) is 0 Å². The van der Waals surface area contributed by atoms with Crippen LogP contribution in [0.15, 0.2) is 0 Å². The SMILES string of the molecule is CC.CC.CN1CCC(O)CC1.CN1CCCC1. The summed E-state index contributed by atoms with van der Waals surface area (Å²) in [6, 6.07) is 0. The summed E-state index contributed by atoms with van der Waals surface area (Å²) in [5, 5.41) is 9.00. The molecule has 18 heavy (non-hydrogen) atoms. The topological polar surface area (TPSA) is 26.7 Å². The van der Waals surface area contributed by atoms with E-state index in [1.54, 1.807) is 0 Å². The number of likely N-dealkylation sites (tertiary alicyclic amines) is 2. The van der Waals surface area contributed by atoms with E-state index in [-0.39, 0.29) is 6.10 Å². The molecule has 0 saturated carbocycles. The quantitative estimate of drug-likeness (QED) is 0.725. The van der Waals surface area contributed by atoms with Crippen LogP contribution in [0.4, 0.5) is 0 Å². The van der Waals surface area contributed by atoms with Crippen LogP contribution in [0.1, 0.15) is 53.4 Å². The number of rotatable bonds is 0. The molecule has 0 aliphatic carbocycles. The third kappa shape index (κ3) is 12.3. The number of aliphatic hydroxyl groups is 1. The summed E-state index contributed by atoms with van der Waals surface area (Å²) in [5.74, 6) is 0. The van der Waals surface area contributed by atoms with Crippen LogP contribution in [-0.2, 0) is 0 Å². The van der Waals surface area contributed by atoms with E-state index < -0.39 is 0 Å². The van der Waals surface area contributed by atoms with Gasteiger partial charge in [0.2, 0.25) is 0 Å². The highest BCUT2D eigenvalue weighted by Gasteiger charge is 2.12. The molecule has 2 aliphatic rings. The lowest BCUT2D eigenvalue weighted by Gasteiger charge is -2.25. The van der Waals surface area contributed by atoms with Gasteiger partial charge in [-0.05, 0) is 52.9 Å². The van der Waals surface area contributed by atoms with Crippen molar-refractivity contribution < 1.29 is 5.11 Å². The maximum absolute atomic E-state index is 9.00. The lowest BCUT2D eigenvalue weighted by molar-refractivity contribution is 0.0943. The second kappa shape index (κ2) is 14.9. The monoisotopic (exact) mass is 260 g/mol. The molecule has 0 aromatic rings. The Kier molecular flexibility index (Phi) is 16.8. The van der Waals surface area contributed by atoms with E-state index in [0.29, 0.717) is 0 Å². The first-order valence-corrected chi connectivity index (χ1v) is 7.73. The van der Waals surface area contributed by atoms with Crippen molar-refractivity contribution in [2.45, 2.75) is 59.5 Å². The Bertz CT molecular complexity index is 129. The molecule has 0 aromatic carbocycles. The number of nitrogens with zero attached hydrogens (tertiary/aromatic N) is 2. The Balaban J connectivity index is 0. The van der Waals surface area contributed by atoms with Crippen LogP contribution in [0.25, 0.3) is 0 Å². The van der Waals surface area contributed by atoms with Crippen LogP contribution >= 0.6 is 0 Å². The van der Waals surface area contributed by atoms with Gasteiger partial charge in [0, 0.05) is 13.1 Å². The van der Waals surface area contributed by atoms with Crippen LogP contribution < -0.4 is 0 Å². The Morgan fingerprint density at radius 1 is 0.722 bits per heavy atom. The number of aliphatic hydroxyl groups excluding tert-OH is 1. The van der Waals surface area contributed by atoms with E-state index >= 15 is 0 Å². The molecule has 3 heteroatoms. The Labute approximate surface area is 115 Å². The van der Waals surface area contributed by atoms with Crippen molar-refractivity contribution in [3.63, 3.8) is 0 Å². The average molecular weight is 260 g/mol. The average Bonchev–Trinajstić information content (AvgIpc) is 2.90. The molecule has 3 nitrogen and oxygen atoms in total. The molecule has 0 bridgehead atoms. The molecule has 2 aliphatic heterocycles. The Morgan fingerprint density at radius 2 is 1.06 bits per heavy atom. The van der Waals surface area contributed by atoms with Crippen LogP contribution in [0.2, 0.25) is 0 Å². The first kappa shape index (κ1) is 20.2. The zero-order valence-electron chi connectivity index (χ0n) is 13.6. The van der Waals surface area contributed by atoms with Crippen molar-refractivity contribution in [3.8, 4) is 0 Å². The normalized spacial score (nSPS) is 20.8. The van der Waals surface area contributed by atoms with E-state index in [0.717, 1.165) is 25.9 Å². The molecule has 0 unspecified atom stereocenters. The van der Waals surface area contributed by atoms with Crippen molar-refractivity contribution in [1.82, 2.24) is 9.80 Å². The van der Waals surface area contributed by atoms with Crippen molar-refractivity contribution in [1.29, 1.82) is 0 Å². The van der Waals surface area contributed by atoms with Gasteiger partial charge in [-0.2, -0.15) is 0 Å². The van der Waals surface area contributed by atoms with Gasteiger partial charge in [0.05, 0.1) is 6.10 Å². The molecule has 0 atom stereocenters. The molecule has 0 aromatic heterocycles. The minimum atomic E-state index is -0.0220. The second-order valence-electron chi connectivity index (χ2n) is 4.54. The van der Waals surface area contributed by atoms with Crippen molar-refractivity contribution >= 4 is 0 Å². The fourth-order valence-electron chi connectivity index (χ4n) is 1.87. The van der Waals surface area contributed by atoms with Crippen molar-refractivity contribution in [2.24, 2.45) is 0 Å². The fraction of sp³-hybridized carbons (Fsp3) is 1.00. The summed E-state index contributed by atoms with van der Waals surface area (Å²) in [5.41, 5.74) is 0. The molecule has 0 spiro atoms. The lowest BCUT2D eigenvalue weighted by atomic mass is 10.1. The van der Waals surface area contributed by atoms with Crippen LogP contribution in [0.3, 0.4) is 0 Å². The highest BCUT2D eigenvalue weighted by Crippen LogP contribution is 2.06. The van der Waals surface area contributed by atoms with Gasteiger partial charge in [-0.1, -0.05) is 27.7 Å². The van der Waals surface area contributed by atoms with Crippen molar-refractivity contribution in [3.05, 3.63) is 0 Å². The molecule has 2 rings (SSSR count). The third-order valence-corrected chi connectivity index (χ3v) is 3.02. The zero-order chi connectivity index (χ0) is 14.4. The first-order chi connectivity index (χ1) is 8.68. The van der Waals surface area contributed by atoms with Crippen LogP contribution in [0.5, 0.6) is 0 Å². The zero-order valence-corrected chi connectivity index (χ0v) is 13.6. The van der Waals surface area contributed by atoms with E-state index in [9.17, 15) is 0 Å². The lowest BCUT2D eigenvalue weighted by Crippen LogP contribution is -2.32. The molecule has 2 heterocycles. The Hall–Kier alpha value is -0.120. The molecule has 2 fully saturated rings. The molecule has 2 saturated heterocycles. The molecule has 112 valence electrons. The largest absolute Gasteiger partial charge is 0.393 e. The van der Waals surface area contributed by atoms with Crippen molar-refractivity contribution in [2.75, 3.05) is 40.3 Å². The third-order valence-electron chi connectivity index (χ3n) is 3.02. The van der Waals surface area contributed by atoms with Gasteiger partial charge in [0.15, 0.2) is 0 Å². The minimum Gasteiger partial charge on any atom is -0.393 e. The van der Waals surface area contributed by atoms with Gasteiger partial charge < -0.3 is 14.9 Å². The first-order valence-electron chi connectivity index (χ1n) is 7.73. The molecule has 0 amide bonds. The van der Waals surface area contributed by atoms with E-state index in [2.05, 4.69) is 23.9 Å². The van der Waals surface area contributed by atoms with E-state index in [1.807, 2.05) is 27.7 Å². The van der Waals surface area contributed by atoms with E-state index in [4.69, 9.17) is 5.11 Å². The molecule has 0 radical (unpaired) electrons. The summed E-state index contributed by atoms with van der Waals surface area (Å²) in [4.78, 5) is 4.60. The standard InChI is InChI=1S/C6H13NO.C5H11N.2C2H6/c1-7-4-2-6(8)3-5-7;1-6-4-2-3-5-6;2*1-2/h6,8H,2-5H2,1H3;2-5H2,1H3;2*1-2H3. The van der Waals surface area contributed by atoms with Crippen LogP contribution in [-0.4, -0.2) is 61.3 Å². The van der Waals surface area contributed by atoms with Crippen LogP contribution in [0, 0.1) is 0 Å². The minimum absolute atomic E-state index is 0.0220. The predicted molar refractivity (Wildman–Crippen MR) is 82.2 cm³/mol. The summed E-state index contributed by atoms with van der Waals surface area (Å²) in [7, 11) is 4.26. The Morgan fingerprint density at radius 3 is 1.28 bits per heavy atom. The van der Waals surface area contributed by atoms with Gasteiger partial charge in [0.25, 0.3) is 0 Å². The highest BCUT2D eigenvalue weighted by molar-refractivity contribution is 4.67. The number of piperidine rings is 1. The summed E-state index contributed by atoms with van der Waals surface area (Å²) in [6.07, 6.45) is 4.71. The summed E-state index contributed by atoms with van der Waals surface area (Å²) in [6.45, 7) is 12.8. The summed E-state index contributed by atoms with van der Waals surface area (Å²) < 4.78 is 0. The second-order valence-corrected chi connectivity index (χ2v) is 4.54. The van der Waals surface area contributed by atoms with Gasteiger partial charge in [-0.25, -0.2) is 0 Å². The maximum Gasteiger partial charge on any atom is 0.0564 e. The van der Waals surface area contributed by atoms with Gasteiger partial charge >= 0.3 is 0 Å². The predicted octanol–water partition coefficient (Wildman–Crippen LogP) is 2.84. The van der Waals surface area contributed by atoms with E-state index in [1.165, 1.54) is 25.9 Å². The van der Waals surface area contributed by atoms with Gasteiger partial charge in [-0.3, -0.25) is 0 Å². The number of hydrogen-bond acceptors (Lipinski definition) is 3. The maximum atomic E-state index is 9.00. The molecular formula is C15H36N2O. The molecule has 1 N–H and O–H groups in total. The smallest absolute Gasteiger partial charge is 0.0564 e.